The number of nitrogens with one attached hydrogen (secondary N) is 2. The van der Waals surface area contributed by atoms with Crippen molar-refractivity contribution >= 4 is 11.8 Å². The second-order valence-electron chi connectivity index (χ2n) is 6.56. The van der Waals surface area contributed by atoms with Crippen molar-refractivity contribution in [3.63, 3.8) is 0 Å². The van der Waals surface area contributed by atoms with Crippen LogP contribution in [0.15, 0.2) is 48.5 Å². The van der Waals surface area contributed by atoms with E-state index in [1.54, 1.807) is 7.11 Å². The number of amides is 2. The summed E-state index contributed by atoms with van der Waals surface area (Å²) in [5.41, 5.74) is 1.32. The molecule has 2 N–H and O–H groups in total. The van der Waals surface area contributed by atoms with Crippen LogP contribution in [0.4, 0.5) is 4.39 Å². The van der Waals surface area contributed by atoms with E-state index in [1.807, 2.05) is 29.2 Å². The van der Waals surface area contributed by atoms with Crippen LogP contribution in [-0.4, -0.2) is 50.0 Å². The smallest absolute Gasteiger partial charge is 0.251 e. The number of para-hydroxylation sites is 1. The molecule has 1 atom stereocenters. The van der Waals surface area contributed by atoms with Gasteiger partial charge in [0.2, 0.25) is 5.91 Å². The first-order valence-electron chi connectivity index (χ1n) is 9.27. The van der Waals surface area contributed by atoms with Gasteiger partial charge in [0.15, 0.2) is 0 Å². The fraction of sp³-hybridized carbons (Fsp3) is 0.333. The van der Waals surface area contributed by atoms with Gasteiger partial charge in [0.1, 0.15) is 11.6 Å². The van der Waals surface area contributed by atoms with Crippen LogP contribution in [0, 0.1) is 5.82 Å². The van der Waals surface area contributed by atoms with Crippen molar-refractivity contribution in [1.82, 2.24) is 15.5 Å². The Morgan fingerprint density at radius 2 is 1.96 bits per heavy atom. The largest absolute Gasteiger partial charge is 0.496 e. The molecule has 1 aliphatic rings. The molecular formula is C21H24FN3O3. The highest BCUT2D eigenvalue weighted by Crippen LogP contribution is 2.30. The lowest BCUT2D eigenvalue weighted by Crippen LogP contribution is -2.49. The summed E-state index contributed by atoms with van der Waals surface area (Å²) in [5.74, 6) is -0.00219. The number of carbonyl (C=O) groups is 2. The minimum Gasteiger partial charge on any atom is -0.496 e. The summed E-state index contributed by atoms with van der Waals surface area (Å²) in [6.07, 6.45) is 0.193. The Bertz CT molecular complexity index is 826. The average Bonchev–Trinajstić information content (AvgIpc) is 2.74. The van der Waals surface area contributed by atoms with Gasteiger partial charge in [-0.1, -0.05) is 18.2 Å². The van der Waals surface area contributed by atoms with E-state index in [0.29, 0.717) is 18.7 Å². The Hall–Kier alpha value is -2.93. The van der Waals surface area contributed by atoms with Gasteiger partial charge in [0.05, 0.1) is 13.2 Å². The Morgan fingerprint density at radius 1 is 1.21 bits per heavy atom. The Morgan fingerprint density at radius 3 is 2.71 bits per heavy atom. The fourth-order valence-electron chi connectivity index (χ4n) is 3.35. The molecule has 7 heteroatoms. The summed E-state index contributed by atoms with van der Waals surface area (Å²) >= 11 is 0. The van der Waals surface area contributed by atoms with Gasteiger partial charge in [-0.25, -0.2) is 4.39 Å². The molecule has 1 saturated heterocycles. The molecule has 2 aromatic carbocycles. The number of hydrogen-bond acceptors (Lipinski definition) is 4. The quantitative estimate of drug-likeness (QED) is 0.799. The highest BCUT2D eigenvalue weighted by Gasteiger charge is 2.29. The fourth-order valence-corrected chi connectivity index (χ4v) is 3.35. The number of rotatable bonds is 6. The number of ether oxygens (including phenoxy) is 1. The minimum atomic E-state index is -0.396. The number of methoxy groups -OCH3 is 1. The molecule has 28 heavy (non-hydrogen) atoms. The summed E-state index contributed by atoms with van der Waals surface area (Å²) in [5, 5.41) is 6.04. The van der Waals surface area contributed by atoms with E-state index in [0.717, 1.165) is 17.9 Å². The monoisotopic (exact) mass is 385 g/mol. The number of carbonyl (C=O) groups excluding carboxylic acids is 2. The Labute approximate surface area is 163 Å². The molecule has 6 nitrogen and oxygen atoms in total. The first-order valence-corrected chi connectivity index (χ1v) is 9.27. The van der Waals surface area contributed by atoms with E-state index < -0.39 is 5.82 Å². The average molecular weight is 385 g/mol. The maximum Gasteiger partial charge on any atom is 0.251 e. The zero-order valence-electron chi connectivity index (χ0n) is 15.8. The van der Waals surface area contributed by atoms with Gasteiger partial charge in [0.25, 0.3) is 5.91 Å². The van der Waals surface area contributed by atoms with Gasteiger partial charge < -0.3 is 20.3 Å². The normalized spacial score (nSPS) is 16.5. The van der Waals surface area contributed by atoms with Crippen LogP contribution in [-0.2, 0) is 4.79 Å². The van der Waals surface area contributed by atoms with E-state index in [2.05, 4.69) is 10.6 Å². The molecule has 0 aromatic heterocycles. The lowest BCUT2D eigenvalue weighted by atomic mass is 10.0. The molecule has 0 saturated carbocycles. The van der Waals surface area contributed by atoms with Gasteiger partial charge >= 0.3 is 0 Å². The van der Waals surface area contributed by atoms with Crippen molar-refractivity contribution in [3.05, 3.63) is 65.5 Å². The number of nitrogens with zero attached hydrogens (tertiary/aromatic N) is 1. The number of benzene rings is 2. The van der Waals surface area contributed by atoms with Gasteiger partial charge in [0, 0.05) is 43.7 Å². The Kier molecular flexibility index (Phi) is 6.60. The summed E-state index contributed by atoms with van der Waals surface area (Å²) in [6.45, 7) is 2.18. The molecular weight excluding hydrogens is 361 g/mol. The van der Waals surface area contributed by atoms with Crippen LogP contribution in [0.2, 0.25) is 0 Å². The van der Waals surface area contributed by atoms with Crippen LogP contribution in [0.25, 0.3) is 0 Å². The molecule has 2 aromatic rings. The molecule has 0 spiro atoms. The molecule has 1 heterocycles. The maximum atomic E-state index is 12.9. The number of halogens is 1. The third kappa shape index (κ3) is 4.67. The zero-order chi connectivity index (χ0) is 19.9. The summed E-state index contributed by atoms with van der Waals surface area (Å²) in [7, 11) is 1.62. The van der Waals surface area contributed by atoms with Crippen molar-refractivity contribution in [2.24, 2.45) is 0 Å². The molecule has 0 radical (unpaired) electrons. The highest BCUT2D eigenvalue weighted by molar-refractivity contribution is 5.94. The van der Waals surface area contributed by atoms with Crippen molar-refractivity contribution in [2.75, 3.05) is 33.3 Å². The molecule has 3 rings (SSSR count). The standard InChI is InChI=1S/C21H24FN3O3/c1-28-19-5-3-2-4-17(19)18-14-23-12-13-25(18)20(26)10-11-24-21(27)15-6-8-16(22)9-7-15/h2-9,18,23H,10-14H2,1H3,(H,24,27). The predicted molar refractivity (Wildman–Crippen MR) is 104 cm³/mol. The van der Waals surface area contributed by atoms with E-state index in [-0.39, 0.29) is 30.8 Å². The second-order valence-corrected chi connectivity index (χ2v) is 6.56. The van der Waals surface area contributed by atoms with Crippen LogP contribution in [0.1, 0.15) is 28.4 Å². The van der Waals surface area contributed by atoms with Gasteiger partial charge in [-0.2, -0.15) is 0 Å². The van der Waals surface area contributed by atoms with Crippen LogP contribution >= 0.6 is 0 Å². The lowest BCUT2D eigenvalue weighted by molar-refractivity contribution is -0.134. The molecule has 2 amide bonds. The summed E-state index contributed by atoms with van der Waals surface area (Å²) < 4.78 is 18.4. The SMILES string of the molecule is COc1ccccc1C1CNCCN1C(=O)CCNC(=O)c1ccc(F)cc1. The van der Waals surface area contributed by atoms with Crippen LogP contribution in [0.3, 0.4) is 0 Å². The molecule has 0 bridgehead atoms. The predicted octanol–water partition coefficient (Wildman–Crippen LogP) is 2.13. The molecule has 0 aliphatic carbocycles. The third-order valence-electron chi connectivity index (χ3n) is 4.79. The number of piperazine rings is 1. The van der Waals surface area contributed by atoms with Crippen LogP contribution in [0.5, 0.6) is 5.75 Å². The van der Waals surface area contributed by atoms with Crippen LogP contribution < -0.4 is 15.4 Å². The minimum absolute atomic E-state index is 0.0307. The summed E-state index contributed by atoms with van der Waals surface area (Å²) in [4.78, 5) is 26.7. The van der Waals surface area contributed by atoms with Crippen molar-refractivity contribution < 1.29 is 18.7 Å². The first-order chi connectivity index (χ1) is 13.6. The van der Waals surface area contributed by atoms with E-state index in [1.165, 1.54) is 24.3 Å². The third-order valence-corrected chi connectivity index (χ3v) is 4.79. The van der Waals surface area contributed by atoms with Crippen molar-refractivity contribution in [1.29, 1.82) is 0 Å². The van der Waals surface area contributed by atoms with Gasteiger partial charge in [-0.15, -0.1) is 0 Å². The maximum absolute atomic E-state index is 12.9. The Balaban J connectivity index is 1.60. The molecule has 1 aliphatic heterocycles. The molecule has 1 fully saturated rings. The molecule has 148 valence electrons. The molecule has 1 unspecified atom stereocenters. The van der Waals surface area contributed by atoms with Crippen molar-refractivity contribution in [3.8, 4) is 5.75 Å². The topological polar surface area (TPSA) is 70.7 Å². The lowest BCUT2D eigenvalue weighted by Gasteiger charge is -2.37. The van der Waals surface area contributed by atoms with E-state index in [4.69, 9.17) is 4.74 Å². The van der Waals surface area contributed by atoms with E-state index in [9.17, 15) is 14.0 Å². The number of hydrogen-bond donors (Lipinski definition) is 2. The highest BCUT2D eigenvalue weighted by atomic mass is 19.1. The van der Waals surface area contributed by atoms with Crippen molar-refractivity contribution in [2.45, 2.75) is 12.5 Å². The summed E-state index contributed by atoms with van der Waals surface area (Å²) in [6, 6.07) is 12.9. The zero-order valence-corrected chi connectivity index (χ0v) is 15.8. The van der Waals surface area contributed by atoms with Gasteiger partial charge in [-0.3, -0.25) is 9.59 Å². The first kappa shape index (κ1) is 19.8. The van der Waals surface area contributed by atoms with E-state index >= 15 is 0 Å². The van der Waals surface area contributed by atoms with Gasteiger partial charge in [-0.05, 0) is 30.3 Å². The second kappa shape index (κ2) is 9.32.